The van der Waals surface area contributed by atoms with Gasteiger partial charge in [0.05, 0.1) is 5.56 Å². The Morgan fingerprint density at radius 1 is 1.32 bits per heavy atom. The molecule has 1 saturated heterocycles. The molecule has 2 rings (SSSR count). The number of piperidine rings is 1. The summed E-state index contributed by atoms with van der Waals surface area (Å²) in [6.45, 7) is 4.13. The predicted octanol–water partition coefficient (Wildman–Crippen LogP) is 1.86. The Morgan fingerprint density at radius 3 is 2.63 bits per heavy atom. The van der Waals surface area contributed by atoms with Crippen molar-refractivity contribution in [3.8, 4) is 0 Å². The molecule has 0 aliphatic carbocycles. The minimum absolute atomic E-state index is 0.0268. The van der Waals surface area contributed by atoms with Crippen LogP contribution in [0.2, 0.25) is 0 Å². The third kappa shape index (κ3) is 3.47. The summed E-state index contributed by atoms with van der Waals surface area (Å²) in [5, 5.41) is 6.24. The molecule has 0 radical (unpaired) electrons. The van der Waals surface area contributed by atoms with Gasteiger partial charge in [-0.2, -0.15) is 0 Å². The fraction of sp³-hybridized carbons (Fsp3) is 0.533. The van der Waals surface area contributed by atoms with Gasteiger partial charge < -0.3 is 15.5 Å². The first kappa shape index (κ1) is 13.9. The second-order valence-electron chi connectivity index (χ2n) is 5.35. The van der Waals surface area contributed by atoms with E-state index in [1.165, 1.54) is 0 Å². The molecule has 1 aliphatic heterocycles. The first-order chi connectivity index (χ1) is 9.10. The average molecular weight is 261 g/mol. The lowest BCUT2D eigenvalue weighted by Gasteiger charge is -2.29. The largest absolute Gasteiger partial charge is 0.387 e. The molecule has 1 fully saturated rings. The van der Waals surface area contributed by atoms with Gasteiger partial charge in [-0.3, -0.25) is 4.79 Å². The highest BCUT2D eigenvalue weighted by Gasteiger charge is 2.20. The number of carbonyl (C=O) groups is 1. The zero-order valence-corrected chi connectivity index (χ0v) is 12.0. The van der Waals surface area contributed by atoms with Gasteiger partial charge in [0.2, 0.25) is 0 Å². The molecular weight excluding hydrogens is 238 g/mol. The number of rotatable bonds is 3. The van der Waals surface area contributed by atoms with Crippen molar-refractivity contribution < 1.29 is 4.79 Å². The topological polar surface area (TPSA) is 44.4 Å². The molecule has 0 saturated carbocycles. The minimum Gasteiger partial charge on any atom is -0.387 e. The van der Waals surface area contributed by atoms with Crippen molar-refractivity contribution in [1.29, 1.82) is 0 Å². The Morgan fingerprint density at radius 2 is 2.00 bits per heavy atom. The maximum atomic E-state index is 12.3. The van der Waals surface area contributed by atoms with Crippen LogP contribution in [0.5, 0.6) is 0 Å². The number of hydrogen-bond donors (Lipinski definition) is 2. The molecule has 0 spiro atoms. The lowest BCUT2D eigenvalue weighted by atomic mass is 10.0. The fourth-order valence-corrected chi connectivity index (χ4v) is 2.48. The molecule has 1 aromatic carbocycles. The third-order valence-corrected chi connectivity index (χ3v) is 3.74. The standard InChI is InChI=1S/C15H23N3O/c1-11-4-5-13(14(10-11)16-2)15(19)17-12-6-8-18(3)9-7-12/h4-5,10,12,16H,6-9H2,1-3H3,(H,17,19). The quantitative estimate of drug-likeness (QED) is 0.873. The second-order valence-corrected chi connectivity index (χ2v) is 5.35. The van der Waals surface area contributed by atoms with Gasteiger partial charge in [0.15, 0.2) is 0 Å². The molecule has 1 aliphatic rings. The van der Waals surface area contributed by atoms with Gasteiger partial charge in [-0.15, -0.1) is 0 Å². The zero-order valence-electron chi connectivity index (χ0n) is 12.0. The molecule has 19 heavy (non-hydrogen) atoms. The van der Waals surface area contributed by atoms with E-state index in [9.17, 15) is 4.79 Å². The van der Waals surface area contributed by atoms with E-state index < -0.39 is 0 Å². The molecule has 4 heteroatoms. The van der Waals surface area contributed by atoms with E-state index in [1.54, 1.807) is 0 Å². The van der Waals surface area contributed by atoms with Crippen molar-refractivity contribution in [3.05, 3.63) is 29.3 Å². The van der Waals surface area contributed by atoms with E-state index in [0.717, 1.165) is 42.7 Å². The van der Waals surface area contributed by atoms with Crippen LogP contribution in [0.4, 0.5) is 5.69 Å². The molecule has 4 nitrogen and oxygen atoms in total. The summed E-state index contributed by atoms with van der Waals surface area (Å²) in [7, 11) is 3.97. The van der Waals surface area contributed by atoms with Gasteiger partial charge >= 0.3 is 0 Å². The minimum atomic E-state index is 0.0268. The van der Waals surface area contributed by atoms with Crippen LogP contribution in [-0.2, 0) is 0 Å². The van der Waals surface area contributed by atoms with Gasteiger partial charge in [-0.05, 0) is 57.6 Å². The highest BCUT2D eigenvalue weighted by Crippen LogP contribution is 2.18. The first-order valence-electron chi connectivity index (χ1n) is 6.88. The molecule has 1 heterocycles. The summed E-state index contributed by atoms with van der Waals surface area (Å²) < 4.78 is 0. The van der Waals surface area contributed by atoms with Crippen LogP contribution < -0.4 is 10.6 Å². The van der Waals surface area contributed by atoms with Crippen LogP contribution in [-0.4, -0.2) is 44.0 Å². The van der Waals surface area contributed by atoms with Crippen molar-refractivity contribution in [2.45, 2.75) is 25.8 Å². The lowest BCUT2D eigenvalue weighted by molar-refractivity contribution is 0.0917. The summed E-state index contributed by atoms with van der Waals surface area (Å²) in [4.78, 5) is 14.6. The fourth-order valence-electron chi connectivity index (χ4n) is 2.48. The Labute approximate surface area is 115 Å². The van der Waals surface area contributed by atoms with E-state index in [4.69, 9.17) is 0 Å². The second kappa shape index (κ2) is 6.06. The van der Waals surface area contributed by atoms with Gasteiger partial charge in [0, 0.05) is 18.8 Å². The highest BCUT2D eigenvalue weighted by molar-refractivity contribution is 5.99. The molecule has 0 aromatic heterocycles. The van der Waals surface area contributed by atoms with Gasteiger partial charge in [-0.1, -0.05) is 6.07 Å². The van der Waals surface area contributed by atoms with Crippen LogP contribution in [0, 0.1) is 6.92 Å². The number of amides is 1. The zero-order chi connectivity index (χ0) is 13.8. The number of hydrogen-bond acceptors (Lipinski definition) is 3. The van der Waals surface area contributed by atoms with E-state index in [0.29, 0.717) is 6.04 Å². The molecule has 0 bridgehead atoms. The maximum absolute atomic E-state index is 12.3. The molecular formula is C15H23N3O. The normalized spacial score (nSPS) is 17.2. The van der Waals surface area contributed by atoms with Crippen molar-refractivity contribution in [2.75, 3.05) is 32.5 Å². The van der Waals surface area contributed by atoms with Crippen LogP contribution in [0.3, 0.4) is 0 Å². The molecule has 1 aromatic rings. The van der Waals surface area contributed by atoms with Crippen molar-refractivity contribution in [1.82, 2.24) is 10.2 Å². The van der Waals surface area contributed by atoms with E-state index >= 15 is 0 Å². The number of aryl methyl sites for hydroxylation is 1. The Balaban J connectivity index is 2.03. The van der Waals surface area contributed by atoms with Crippen molar-refractivity contribution >= 4 is 11.6 Å². The predicted molar refractivity (Wildman–Crippen MR) is 78.7 cm³/mol. The number of likely N-dealkylation sites (tertiary alicyclic amines) is 1. The summed E-state index contributed by atoms with van der Waals surface area (Å²) in [5.74, 6) is 0.0268. The number of carbonyl (C=O) groups excluding carboxylic acids is 1. The highest BCUT2D eigenvalue weighted by atomic mass is 16.1. The number of benzene rings is 1. The van der Waals surface area contributed by atoms with Gasteiger partial charge in [0.25, 0.3) is 5.91 Å². The third-order valence-electron chi connectivity index (χ3n) is 3.74. The van der Waals surface area contributed by atoms with Crippen molar-refractivity contribution in [2.24, 2.45) is 0 Å². The van der Waals surface area contributed by atoms with Crippen molar-refractivity contribution in [3.63, 3.8) is 0 Å². The Kier molecular flexibility index (Phi) is 4.43. The van der Waals surface area contributed by atoms with Crippen LogP contribution in [0.25, 0.3) is 0 Å². The molecule has 1 amide bonds. The monoisotopic (exact) mass is 261 g/mol. The number of nitrogens with one attached hydrogen (secondary N) is 2. The molecule has 104 valence electrons. The first-order valence-corrected chi connectivity index (χ1v) is 6.88. The summed E-state index contributed by atoms with van der Waals surface area (Å²) in [5.41, 5.74) is 2.78. The van der Waals surface area contributed by atoms with E-state index in [1.807, 2.05) is 32.2 Å². The SMILES string of the molecule is CNc1cc(C)ccc1C(=O)NC1CCN(C)CC1. The number of anilines is 1. The summed E-state index contributed by atoms with van der Waals surface area (Å²) in [6, 6.07) is 6.18. The van der Waals surface area contributed by atoms with E-state index in [-0.39, 0.29) is 5.91 Å². The smallest absolute Gasteiger partial charge is 0.253 e. The van der Waals surface area contributed by atoms with Crippen LogP contribution in [0.15, 0.2) is 18.2 Å². The summed E-state index contributed by atoms with van der Waals surface area (Å²) >= 11 is 0. The Hall–Kier alpha value is -1.55. The molecule has 0 unspecified atom stereocenters. The number of nitrogens with zero attached hydrogens (tertiary/aromatic N) is 1. The maximum Gasteiger partial charge on any atom is 0.253 e. The summed E-state index contributed by atoms with van der Waals surface area (Å²) in [6.07, 6.45) is 2.06. The Bertz CT molecular complexity index is 451. The van der Waals surface area contributed by atoms with Gasteiger partial charge in [-0.25, -0.2) is 0 Å². The lowest BCUT2D eigenvalue weighted by Crippen LogP contribution is -2.43. The van der Waals surface area contributed by atoms with Gasteiger partial charge in [0.1, 0.15) is 0 Å². The molecule has 2 N–H and O–H groups in total. The van der Waals surface area contributed by atoms with Crippen LogP contribution >= 0.6 is 0 Å². The average Bonchev–Trinajstić information content (AvgIpc) is 2.41. The van der Waals surface area contributed by atoms with Crippen LogP contribution in [0.1, 0.15) is 28.8 Å². The van der Waals surface area contributed by atoms with E-state index in [2.05, 4.69) is 22.6 Å². The molecule has 0 atom stereocenters.